The molecule has 4 N–H and O–H groups in total. The molecule has 8 nitrogen and oxygen atoms in total. The van der Waals surface area contributed by atoms with Crippen LogP contribution in [0.25, 0.3) is 0 Å². The van der Waals surface area contributed by atoms with Gasteiger partial charge in [0.1, 0.15) is 17.6 Å². The Kier molecular flexibility index (Phi) is 6.95. The predicted molar refractivity (Wildman–Crippen MR) is 115 cm³/mol. The second-order valence-corrected chi connectivity index (χ2v) is 6.79. The Morgan fingerprint density at radius 2 is 1.79 bits per heavy atom. The zero-order chi connectivity index (χ0) is 24.0. The highest BCUT2D eigenvalue weighted by atomic mass is 19.2. The van der Waals surface area contributed by atoms with Crippen LogP contribution in [-0.2, 0) is 11.2 Å². The number of nitriles is 1. The molecule has 0 unspecified atom stereocenters. The smallest absolute Gasteiger partial charge is 0.271 e. The van der Waals surface area contributed by atoms with Gasteiger partial charge in [0, 0.05) is 22.9 Å². The van der Waals surface area contributed by atoms with Crippen molar-refractivity contribution in [3.63, 3.8) is 0 Å². The van der Waals surface area contributed by atoms with E-state index in [1.807, 2.05) is 0 Å². The van der Waals surface area contributed by atoms with Crippen LogP contribution in [0.1, 0.15) is 27.0 Å². The van der Waals surface area contributed by atoms with Crippen LogP contribution >= 0.6 is 0 Å². The lowest BCUT2D eigenvalue weighted by Crippen LogP contribution is -2.17. The van der Waals surface area contributed by atoms with E-state index in [4.69, 9.17) is 5.26 Å². The topological polar surface area (TPSA) is 135 Å². The minimum absolute atomic E-state index is 0.0635. The van der Waals surface area contributed by atoms with Crippen LogP contribution in [0.15, 0.2) is 59.7 Å². The number of nitrogens with zero attached hydrogens (tertiary/aromatic N) is 2. The number of halogens is 2. The maximum absolute atomic E-state index is 13.3. The number of rotatable bonds is 6. The molecule has 0 aliphatic carbocycles. The van der Waals surface area contributed by atoms with Crippen molar-refractivity contribution in [1.29, 1.82) is 5.26 Å². The number of aromatic hydroxyl groups is 2. The van der Waals surface area contributed by atoms with E-state index < -0.39 is 23.4 Å². The molecule has 0 fully saturated rings. The average molecular weight is 450 g/mol. The third-order valence-electron chi connectivity index (χ3n) is 4.41. The van der Waals surface area contributed by atoms with Crippen LogP contribution in [0.2, 0.25) is 0 Å². The molecule has 0 radical (unpaired) electrons. The molecule has 0 saturated heterocycles. The molecule has 3 aromatic carbocycles. The highest BCUT2D eigenvalue weighted by Crippen LogP contribution is 2.21. The molecule has 33 heavy (non-hydrogen) atoms. The highest BCUT2D eigenvalue weighted by Gasteiger charge is 2.10. The van der Waals surface area contributed by atoms with Crippen LogP contribution in [0.3, 0.4) is 0 Å². The number of hydrogen-bond donors (Lipinski definition) is 4. The SMILES string of the molecule is N#Cc1cc(C(=O)N/N=C/c2ccc(NC(=O)Cc3ccc(F)c(F)c3)cc2O)ccc1O. The first kappa shape index (κ1) is 22.9. The van der Waals surface area contributed by atoms with Gasteiger partial charge < -0.3 is 15.5 Å². The number of carbonyl (C=O) groups is 2. The lowest BCUT2D eigenvalue weighted by molar-refractivity contribution is -0.115. The van der Waals surface area contributed by atoms with Crippen LogP contribution in [0, 0.1) is 23.0 Å². The van der Waals surface area contributed by atoms with Gasteiger partial charge in [-0.2, -0.15) is 10.4 Å². The zero-order valence-corrected chi connectivity index (χ0v) is 16.8. The first-order valence-electron chi connectivity index (χ1n) is 9.40. The summed E-state index contributed by atoms with van der Waals surface area (Å²) in [5, 5.41) is 34.8. The maximum atomic E-state index is 13.3. The quantitative estimate of drug-likeness (QED) is 0.338. The Hall–Kier alpha value is -4.78. The van der Waals surface area contributed by atoms with Gasteiger partial charge in [0.05, 0.1) is 18.2 Å². The third-order valence-corrected chi connectivity index (χ3v) is 4.41. The van der Waals surface area contributed by atoms with Crippen molar-refractivity contribution < 1.29 is 28.6 Å². The van der Waals surface area contributed by atoms with E-state index in [0.29, 0.717) is 0 Å². The summed E-state index contributed by atoms with van der Waals surface area (Å²) in [7, 11) is 0. The molecule has 166 valence electrons. The second kappa shape index (κ2) is 10.0. The molecule has 0 aliphatic heterocycles. The summed E-state index contributed by atoms with van der Waals surface area (Å²) in [4.78, 5) is 24.2. The Morgan fingerprint density at radius 1 is 1.00 bits per heavy atom. The van der Waals surface area contributed by atoms with Gasteiger partial charge in [-0.3, -0.25) is 9.59 Å². The van der Waals surface area contributed by atoms with E-state index in [1.54, 1.807) is 6.07 Å². The molecule has 0 atom stereocenters. The van der Waals surface area contributed by atoms with E-state index in [-0.39, 0.29) is 45.9 Å². The van der Waals surface area contributed by atoms with Crippen molar-refractivity contribution in [2.24, 2.45) is 5.10 Å². The normalized spacial score (nSPS) is 10.6. The van der Waals surface area contributed by atoms with Gasteiger partial charge in [-0.05, 0) is 48.0 Å². The van der Waals surface area contributed by atoms with Crippen LogP contribution in [0.5, 0.6) is 11.5 Å². The van der Waals surface area contributed by atoms with Crippen molar-refractivity contribution in [1.82, 2.24) is 5.43 Å². The first-order chi connectivity index (χ1) is 15.8. The molecule has 0 aliphatic rings. The lowest BCUT2D eigenvalue weighted by atomic mass is 10.1. The van der Waals surface area contributed by atoms with Gasteiger partial charge in [0.2, 0.25) is 5.91 Å². The first-order valence-corrected chi connectivity index (χ1v) is 9.40. The maximum Gasteiger partial charge on any atom is 0.271 e. The van der Waals surface area contributed by atoms with Crippen molar-refractivity contribution in [2.45, 2.75) is 6.42 Å². The molecular weight excluding hydrogens is 434 g/mol. The third kappa shape index (κ3) is 5.89. The molecule has 0 saturated carbocycles. The van der Waals surface area contributed by atoms with Crippen LogP contribution in [0.4, 0.5) is 14.5 Å². The number of amides is 2. The molecular formula is C23H16F2N4O4. The summed E-state index contributed by atoms with van der Waals surface area (Å²) in [6.07, 6.45) is 0.976. The fourth-order valence-corrected chi connectivity index (χ4v) is 2.76. The van der Waals surface area contributed by atoms with E-state index in [9.17, 15) is 28.6 Å². The van der Waals surface area contributed by atoms with E-state index in [0.717, 1.165) is 12.1 Å². The van der Waals surface area contributed by atoms with E-state index in [1.165, 1.54) is 48.7 Å². The van der Waals surface area contributed by atoms with Crippen molar-refractivity contribution in [3.8, 4) is 17.6 Å². The summed E-state index contributed by atoms with van der Waals surface area (Å²) in [5.74, 6) is -3.69. The number of hydrogen-bond acceptors (Lipinski definition) is 6. The Morgan fingerprint density at radius 3 is 2.48 bits per heavy atom. The summed E-state index contributed by atoms with van der Waals surface area (Å²) in [6.45, 7) is 0. The van der Waals surface area contributed by atoms with Gasteiger partial charge >= 0.3 is 0 Å². The number of anilines is 1. The number of phenolic OH excluding ortho intramolecular Hbond substituents is 2. The van der Waals surface area contributed by atoms with Crippen LogP contribution < -0.4 is 10.7 Å². The minimum Gasteiger partial charge on any atom is -0.507 e. The molecule has 3 aromatic rings. The van der Waals surface area contributed by atoms with E-state index in [2.05, 4.69) is 15.8 Å². The summed E-state index contributed by atoms with van der Waals surface area (Å²) in [5.41, 5.74) is 3.04. The molecule has 0 spiro atoms. The van der Waals surface area contributed by atoms with Gasteiger partial charge in [-0.25, -0.2) is 14.2 Å². The standard InChI is InChI=1S/C23H16F2N4O4/c24-18-5-1-13(7-19(18)25)8-22(32)28-17-4-2-15(21(31)10-17)12-27-29-23(33)14-3-6-20(30)16(9-14)11-26/h1-7,9-10,12,30-31H,8H2,(H,28,32)(H,29,33)/b27-12+. The number of phenols is 2. The minimum atomic E-state index is -1.05. The second-order valence-electron chi connectivity index (χ2n) is 6.79. The number of nitrogens with one attached hydrogen (secondary N) is 2. The van der Waals surface area contributed by atoms with Gasteiger partial charge in [-0.15, -0.1) is 0 Å². The monoisotopic (exact) mass is 450 g/mol. The molecule has 0 bridgehead atoms. The summed E-state index contributed by atoms with van der Waals surface area (Å²) >= 11 is 0. The molecule has 10 heteroatoms. The number of benzene rings is 3. The summed E-state index contributed by atoms with van der Waals surface area (Å²) in [6, 6.07) is 12.8. The largest absolute Gasteiger partial charge is 0.507 e. The molecule has 2 amide bonds. The Labute approximate surface area is 186 Å². The fourth-order valence-electron chi connectivity index (χ4n) is 2.76. The van der Waals surface area contributed by atoms with Crippen molar-refractivity contribution in [3.05, 3.63) is 88.5 Å². The lowest BCUT2D eigenvalue weighted by Gasteiger charge is -2.08. The van der Waals surface area contributed by atoms with Gasteiger partial charge in [0.25, 0.3) is 5.91 Å². The molecule has 0 aromatic heterocycles. The molecule has 3 rings (SSSR count). The van der Waals surface area contributed by atoms with Gasteiger partial charge in [-0.1, -0.05) is 6.07 Å². The van der Waals surface area contributed by atoms with Crippen molar-refractivity contribution in [2.75, 3.05) is 5.32 Å². The Balaban J connectivity index is 1.60. The van der Waals surface area contributed by atoms with Crippen molar-refractivity contribution >= 4 is 23.7 Å². The average Bonchev–Trinajstić information content (AvgIpc) is 2.78. The zero-order valence-electron chi connectivity index (χ0n) is 16.8. The number of hydrazone groups is 1. The predicted octanol–water partition coefficient (Wildman–Crippen LogP) is 3.19. The number of carbonyl (C=O) groups excluding carboxylic acids is 2. The van der Waals surface area contributed by atoms with E-state index >= 15 is 0 Å². The Bertz CT molecular complexity index is 1300. The molecule has 0 heterocycles. The van der Waals surface area contributed by atoms with Crippen LogP contribution in [-0.4, -0.2) is 28.2 Å². The highest BCUT2D eigenvalue weighted by molar-refractivity contribution is 5.96. The van der Waals surface area contributed by atoms with Gasteiger partial charge in [0.15, 0.2) is 11.6 Å². The fraction of sp³-hybridized carbons (Fsp3) is 0.0435. The summed E-state index contributed by atoms with van der Waals surface area (Å²) < 4.78 is 26.2.